The van der Waals surface area contributed by atoms with Gasteiger partial charge < -0.3 is 5.73 Å². The summed E-state index contributed by atoms with van der Waals surface area (Å²) < 4.78 is 26.5. The molecule has 0 aliphatic carbocycles. The van der Waals surface area contributed by atoms with Gasteiger partial charge in [-0.25, -0.2) is 0 Å². The van der Waals surface area contributed by atoms with E-state index in [0.717, 1.165) is 0 Å². The van der Waals surface area contributed by atoms with Crippen LogP contribution in [0.15, 0.2) is 21.9 Å². The third kappa shape index (κ3) is 2.33. The monoisotopic (exact) mass is 272 g/mol. The molecule has 0 amide bonds. The maximum absolute atomic E-state index is 12.0. The van der Waals surface area contributed by atoms with Gasteiger partial charge in [0.05, 0.1) is 5.69 Å². The van der Waals surface area contributed by atoms with Crippen LogP contribution in [0.1, 0.15) is 11.3 Å². The average molecular weight is 272 g/mol. The number of aryl methyl sites for hydroxylation is 1. The lowest BCUT2D eigenvalue weighted by Crippen LogP contribution is -2.16. The Kier molecular flexibility index (Phi) is 3.18. The van der Waals surface area contributed by atoms with Crippen LogP contribution in [0, 0.1) is 6.92 Å². The fourth-order valence-corrected chi connectivity index (χ4v) is 3.34. The van der Waals surface area contributed by atoms with Gasteiger partial charge in [-0.05, 0) is 18.4 Å². The normalized spacial score (nSPS) is 11.6. The molecule has 0 bridgehead atoms. The minimum absolute atomic E-state index is 0.0382. The van der Waals surface area contributed by atoms with Crippen molar-refractivity contribution in [1.82, 2.24) is 10.2 Å². The molecule has 0 unspecified atom stereocenters. The van der Waals surface area contributed by atoms with E-state index in [1.807, 2.05) is 0 Å². The second-order valence-electron chi connectivity index (χ2n) is 3.45. The lowest BCUT2D eigenvalue weighted by Gasteiger charge is -2.05. The van der Waals surface area contributed by atoms with Crippen LogP contribution in [0.4, 0.5) is 5.69 Å². The third-order valence-corrected chi connectivity index (χ3v) is 4.30. The maximum atomic E-state index is 12.0. The standard InChI is InChI=1S/C9H12N4O2S2/c1-6-8(4-10)9(12-11-6)17(14,15)13-7-2-3-16-5-7/h2-3,5,13H,4,10H2,1H3,(H,11,12). The summed E-state index contributed by atoms with van der Waals surface area (Å²) in [6.07, 6.45) is 0. The molecule has 2 rings (SSSR count). The molecule has 4 N–H and O–H groups in total. The van der Waals surface area contributed by atoms with Crippen molar-refractivity contribution in [3.63, 3.8) is 0 Å². The minimum atomic E-state index is -3.67. The zero-order chi connectivity index (χ0) is 12.5. The minimum Gasteiger partial charge on any atom is -0.326 e. The van der Waals surface area contributed by atoms with Crippen molar-refractivity contribution in [1.29, 1.82) is 0 Å². The Balaban J connectivity index is 2.38. The Morgan fingerprint density at radius 3 is 2.94 bits per heavy atom. The first-order valence-corrected chi connectivity index (χ1v) is 7.26. The van der Waals surface area contributed by atoms with Crippen LogP contribution in [0.5, 0.6) is 0 Å². The number of anilines is 1. The summed E-state index contributed by atoms with van der Waals surface area (Å²) in [6, 6.07) is 1.68. The molecule has 0 radical (unpaired) electrons. The summed E-state index contributed by atoms with van der Waals surface area (Å²) in [6.45, 7) is 1.86. The van der Waals surface area contributed by atoms with Gasteiger partial charge in [0, 0.05) is 23.2 Å². The number of thiophene rings is 1. The largest absolute Gasteiger partial charge is 0.326 e. The summed E-state index contributed by atoms with van der Waals surface area (Å²) >= 11 is 1.41. The van der Waals surface area contributed by atoms with E-state index in [4.69, 9.17) is 5.73 Å². The van der Waals surface area contributed by atoms with E-state index >= 15 is 0 Å². The maximum Gasteiger partial charge on any atom is 0.281 e. The second-order valence-corrected chi connectivity index (χ2v) is 5.83. The van der Waals surface area contributed by atoms with Crippen LogP contribution >= 0.6 is 11.3 Å². The van der Waals surface area contributed by atoms with Crippen molar-refractivity contribution in [2.45, 2.75) is 18.5 Å². The first kappa shape index (κ1) is 12.1. The summed E-state index contributed by atoms with van der Waals surface area (Å²) in [4.78, 5) is 0. The van der Waals surface area contributed by atoms with Crippen molar-refractivity contribution in [2.24, 2.45) is 5.73 Å². The van der Waals surface area contributed by atoms with Gasteiger partial charge in [0.15, 0.2) is 0 Å². The Morgan fingerprint density at radius 1 is 1.59 bits per heavy atom. The highest BCUT2D eigenvalue weighted by Crippen LogP contribution is 2.20. The zero-order valence-corrected chi connectivity index (χ0v) is 10.7. The molecule has 92 valence electrons. The third-order valence-electron chi connectivity index (χ3n) is 2.27. The molecule has 2 aromatic rings. The summed E-state index contributed by atoms with van der Waals surface area (Å²) in [7, 11) is -3.67. The van der Waals surface area contributed by atoms with E-state index in [2.05, 4.69) is 14.9 Å². The number of nitrogens with zero attached hydrogens (tertiary/aromatic N) is 1. The number of sulfonamides is 1. The highest BCUT2D eigenvalue weighted by atomic mass is 32.2. The van der Waals surface area contributed by atoms with E-state index in [9.17, 15) is 8.42 Å². The van der Waals surface area contributed by atoms with Crippen molar-refractivity contribution in [3.8, 4) is 0 Å². The first-order valence-electron chi connectivity index (χ1n) is 4.83. The first-order chi connectivity index (χ1) is 8.04. The van der Waals surface area contributed by atoms with Gasteiger partial charge in [-0.3, -0.25) is 9.82 Å². The van der Waals surface area contributed by atoms with Gasteiger partial charge in [-0.2, -0.15) is 24.9 Å². The van der Waals surface area contributed by atoms with Gasteiger partial charge in [0.25, 0.3) is 10.0 Å². The molecule has 0 aliphatic heterocycles. The van der Waals surface area contributed by atoms with Gasteiger partial charge in [-0.15, -0.1) is 0 Å². The van der Waals surface area contributed by atoms with Crippen LogP contribution in [-0.4, -0.2) is 18.6 Å². The zero-order valence-electron chi connectivity index (χ0n) is 9.10. The Labute approximate surface area is 103 Å². The van der Waals surface area contributed by atoms with Crippen LogP contribution in [0.3, 0.4) is 0 Å². The molecule has 0 aliphatic rings. The van der Waals surface area contributed by atoms with Crippen LogP contribution in [0.25, 0.3) is 0 Å². The summed E-state index contributed by atoms with van der Waals surface area (Å²) in [5.74, 6) is 0. The van der Waals surface area contributed by atoms with Crippen LogP contribution in [-0.2, 0) is 16.6 Å². The van der Waals surface area contributed by atoms with E-state index < -0.39 is 10.0 Å². The molecule has 0 spiro atoms. The Morgan fingerprint density at radius 2 is 2.35 bits per heavy atom. The second kappa shape index (κ2) is 4.47. The van der Waals surface area contributed by atoms with Crippen molar-refractivity contribution < 1.29 is 8.42 Å². The van der Waals surface area contributed by atoms with E-state index in [1.165, 1.54) is 11.3 Å². The molecule has 0 atom stereocenters. The molecular formula is C9H12N4O2S2. The van der Waals surface area contributed by atoms with Crippen LogP contribution in [0.2, 0.25) is 0 Å². The number of nitrogens with one attached hydrogen (secondary N) is 2. The average Bonchev–Trinajstić information content (AvgIpc) is 2.86. The summed E-state index contributed by atoms with van der Waals surface area (Å²) in [5, 5.41) is 9.87. The lowest BCUT2D eigenvalue weighted by molar-refractivity contribution is 0.596. The smallest absolute Gasteiger partial charge is 0.281 e. The molecule has 0 fully saturated rings. The Hall–Kier alpha value is -1.38. The molecule has 6 nitrogen and oxygen atoms in total. The van der Waals surface area contributed by atoms with Gasteiger partial charge in [0.1, 0.15) is 0 Å². The number of nitrogens with two attached hydrogens (primary N) is 1. The molecule has 2 heterocycles. The predicted octanol–water partition coefficient (Wildman–Crippen LogP) is 1.04. The lowest BCUT2D eigenvalue weighted by atomic mass is 10.3. The quantitative estimate of drug-likeness (QED) is 0.774. The van der Waals surface area contributed by atoms with E-state index in [1.54, 1.807) is 23.8 Å². The number of hydrogen-bond acceptors (Lipinski definition) is 5. The Bertz CT molecular complexity index is 601. The topological polar surface area (TPSA) is 101 Å². The SMILES string of the molecule is Cc1[nH]nc(S(=O)(=O)Nc2ccsc2)c1CN. The van der Waals surface area contributed by atoms with Crippen molar-refractivity contribution >= 4 is 27.0 Å². The van der Waals surface area contributed by atoms with Crippen molar-refractivity contribution in [2.75, 3.05) is 4.72 Å². The van der Waals surface area contributed by atoms with Gasteiger partial charge in [-0.1, -0.05) is 0 Å². The van der Waals surface area contributed by atoms with E-state index in [-0.39, 0.29) is 11.6 Å². The number of aromatic amines is 1. The van der Waals surface area contributed by atoms with Crippen LogP contribution < -0.4 is 10.5 Å². The highest BCUT2D eigenvalue weighted by molar-refractivity contribution is 7.92. The van der Waals surface area contributed by atoms with E-state index in [0.29, 0.717) is 16.9 Å². The molecule has 17 heavy (non-hydrogen) atoms. The summed E-state index contributed by atoms with van der Waals surface area (Å²) in [5.41, 5.74) is 7.21. The molecular weight excluding hydrogens is 260 g/mol. The highest BCUT2D eigenvalue weighted by Gasteiger charge is 2.23. The molecule has 8 heteroatoms. The fraction of sp³-hybridized carbons (Fsp3) is 0.222. The van der Waals surface area contributed by atoms with Gasteiger partial charge >= 0.3 is 0 Å². The number of aromatic nitrogens is 2. The van der Waals surface area contributed by atoms with Gasteiger partial charge in [0.2, 0.25) is 5.03 Å². The fourth-order valence-electron chi connectivity index (χ4n) is 1.42. The molecule has 2 aromatic heterocycles. The molecule has 0 aromatic carbocycles. The number of H-pyrrole nitrogens is 1. The predicted molar refractivity (Wildman–Crippen MR) is 66.3 cm³/mol. The number of hydrogen-bond donors (Lipinski definition) is 3. The molecule has 0 saturated carbocycles. The van der Waals surface area contributed by atoms with Crippen molar-refractivity contribution in [3.05, 3.63) is 28.1 Å². The number of rotatable bonds is 4. The molecule has 0 saturated heterocycles.